The summed E-state index contributed by atoms with van der Waals surface area (Å²) in [6.07, 6.45) is 1.67. The smallest absolute Gasteiger partial charge is 0.271 e. The molecule has 4 rings (SSSR count). The van der Waals surface area contributed by atoms with Crippen LogP contribution in [0.25, 0.3) is 10.8 Å². The topological polar surface area (TPSA) is 50.7 Å². The van der Waals surface area contributed by atoms with Gasteiger partial charge in [-0.3, -0.25) is 4.79 Å². The maximum absolute atomic E-state index is 12.2. The summed E-state index contributed by atoms with van der Waals surface area (Å²) in [5, 5.41) is 8.37. The first kappa shape index (κ1) is 18.9. The molecule has 0 bridgehead atoms. The number of hydrogen-bond acceptors (Lipinski definition) is 4. The third-order valence-electron chi connectivity index (χ3n) is 4.59. The second-order valence-electron chi connectivity index (χ2n) is 6.66. The Morgan fingerprint density at radius 3 is 2.59 bits per heavy atom. The first-order valence-electron chi connectivity index (χ1n) is 9.27. The lowest BCUT2D eigenvalue weighted by Gasteiger charge is -2.08. The molecule has 1 amide bonds. The molecule has 0 aliphatic carbocycles. The molecule has 0 aliphatic heterocycles. The van der Waals surface area contributed by atoms with E-state index in [1.54, 1.807) is 29.7 Å². The number of fused-ring (bicyclic) bond motifs is 1. The van der Waals surface area contributed by atoms with Crippen LogP contribution in [0.1, 0.15) is 26.4 Å². The van der Waals surface area contributed by atoms with E-state index in [0.717, 1.165) is 27.1 Å². The molecule has 0 aliphatic rings. The highest BCUT2D eigenvalue weighted by Gasteiger charge is 2.05. The maximum atomic E-state index is 12.2. The van der Waals surface area contributed by atoms with E-state index in [0.29, 0.717) is 12.2 Å². The van der Waals surface area contributed by atoms with Crippen LogP contribution in [-0.2, 0) is 6.61 Å². The molecule has 1 heterocycles. The molecule has 0 fully saturated rings. The normalized spacial score (nSPS) is 11.1. The summed E-state index contributed by atoms with van der Waals surface area (Å²) in [7, 11) is 0. The Labute approximate surface area is 173 Å². The van der Waals surface area contributed by atoms with Gasteiger partial charge in [0, 0.05) is 10.4 Å². The van der Waals surface area contributed by atoms with Crippen LogP contribution in [0.4, 0.5) is 0 Å². The van der Waals surface area contributed by atoms with E-state index in [2.05, 4.69) is 28.7 Å². The van der Waals surface area contributed by atoms with E-state index in [9.17, 15) is 4.79 Å². The van der Waals surface area contributed by atoms with Crippen LogP contribution in [0.5, 0.6) is 5.75 Å². The van der Waals surface area contributed by atoms with Crippen molar-refractivity contribution >= 4 is 34.2 Å². The quantitative estimate of drug-likeness (QED) is 0.341. The lowest BCUT2D eigenvalue weighted by molar-refractivity contribution is 0.0955. The number of carbonyl (C=O) groups excluding carboxylic acids is 1. The molecule has 4 aromatic rings. The zero-order valence-corrected chi connectivity index (χ0v) is 16.8. The van der Waals surface area contributed by atoms with Crippen molar-refractivity contribution in [1.82, 2.24) is 5.43 Å². The van der Waals surface area contributed by atoms with Gasteiger partial charge in [0.1, 0.15) is 12.4 Å². The number of thiophene rings is 1. The summed E-state index contributed by atoms with van der Waals surface area (Å²) in [6.45, 7) is 2.45. The molecule has 0 spiro atoms. The van der Waals surface area contributed by atoms with E-state index in [1.807, 2.05) is 54.8 Å². The SMILES string of the molecule is Cc1ccsc1/C=N/NC(=O)c1ccc(COc2ccc3ccccc3c2)cc1. The molecule has 0 saturated carbocycles. The summed E-state index contributed by atoms with van der Waals surface area (Å²) in [4.78, 5) is 13.3. The number of rotatable bonds is 6. The van der Waals surface area contributed by atoms with Gasteiger partial charge in [-0.05, 0) is 64.5 Å². The number of carbonyl (C=O) groups is 1. The average molecular weight is 401 g/mol. The van der Waals surface area contributed by atoms with Crippen molar-refractivity contribution in [2.45, 2.75) is 13.5 Å². The molecule has 1 aromatic heterocycles. The fourth-order valence-corrected chi connectivity index (χ4v) is 3.69. The number of aryl methyl sites for hydroxylation is 1. The molecule has 0 unspecified atom stereocenters. The highest BCUT2D eigenvalue weighted by molar-refractivity contribution is 7.11. The second kappa shape index (κ2) is 8.71. The minimum atomic E-state index is -0.238. The summed E-state index contributed by atoms with van der Waals surface area (Å²) in [6, 6.07) is 23.6. The van der Waals surface area contributed by atoms with Gasteiger partial charge in [-0.15, -0.1) is 11.3 Å². The van der Waals surface area contributed by atoms with Gasteiger partial charge in [0.05, 0.1) is 6.21 Å². The highest BCUT2D eigenvalue weighted by atomic mass is 32.1. The van der Waals surface area contributed by atoms with Crippen molar-refractivity contribution in [3.05, 3.63) is 99.7 Å². The number of hydrogen-bond donors (Lipinski definition) is 1. The van der Waals surface area contributed by atoms with Gasteiger partial charge in [-0.2, -0.15) is 5.10 Å². The molecule has 144 valence electrons. The Morgan fingerprint density at radius 1 is 1.03 bits per heavy atom. The molecule has 0 saturated heterocycles. The first-order chi connectivity index (χ1) is 14.2. The van der Waals surface area contributed by atoms with Crippen LogP contribution in [0.2, 0.25) is 0 Å². The van der Waals surface area contributed by atoms with Crippen LogP contribution in [0, 0.1) is 6.92 Å². The minimum Gasteiger partial charge on any atom is -0.489 e. The monoisotopic (exact) mass is 400 g/mol. The van der Waals surface area contributed by atoms with Crippen LogP contribution < -0.4 is 10.2 Å². The summed E-state index contributed by atoms with van der Waals surface area (Å²) in [5.74, 6) is 0.584. The summed E-state index contributed by atoms with van der Waals surface area (Å²) < 4.78 is 5.90. The van der Waals surface area contributed by atoms with Crippen LogP contribution in [-0.4, -0.2) is 12.1 Å². The summed E-state index contributed by atoms with van der Waals surface area (Å²) >= 11 is 1.59. The van der Waals surface area contributed by atoms with E-state index < -0.39 is 0 Å². The maximum Gasteiger partial charge on any atom is 0.271 e. The number of ether oxygens (including phenoxy) is 1. The van der Waals surface area contributed by atoms with Crippen molar-refractivity contribution < 1.29 is 9.53 Å². The van der Waals surface area contributed by atoms with Gasteiger partial charge in [-0.1, -0.05) is 42.5 Å². The zero-order chi connectivity index (χ0) is 20.1. The van der Waals surface area contributed by atoms with Crippen LogP contribution in [0.3, 0.4) is 0 Å². The van der Waals surface area contributed by atoms with E-state index in [1.165, 1.54) is 5.39 Å². The largest absolute Gasteiger partial charge is 0.489 e. The predicted octanol–water partition coefficient (Wildman–Crippen LogP) is 5.55. The first-order valence-corrected chi connectivity index (χ1v) is 10.1. The molecular weight excluding hydrogens is 380 g/mol. The number of amides is 1. The zero-order valence-electron chi connectivity index (χ0n) is 16.0. The summed E-state index contributed by atoms with van der Waals surface area (Å²) in [5.41, 5.74) is 5.26. The number of benzene rings is 3. The van der Waals surface area contributed by atoms with Gasteiger partial charge in [0.25, 0.3) is 5.91 Å². The highest BCUT2D eigenvalue weighted by Crippen LogP contribution is 2.21. The standard InChI is InChI=1S/C24H20N2O2S/c1-17-12-13-29-23(17)15-25-26-24(27)20-8-6-18(7-9-20)16-28-22-11-10-19-4-2-3-5-21(19)14-22/h2-15H,16H2,1H3,(H,26,27)/b25-15+. The molecule has 0 atom stereocenters. The Bertz CT molecular complexity index is 1160. The second-order valence-corrected chi connectivity index (χ2v) is 7.61. The number of nitrogens with zero attached hydrogens (tertiary/aromatic N) is 1. The van der Waals surface area contributed by atoms with E-state index in [4.69, 9.17) is 4.74 Å². The van der Waals surface area contributed by atoms with Gasteiger partial charge in [-0.25, -0.2) is 5.43 Å². The average Bonchev–Trinajstić information content (AvgIpc) is 3.17. The van der Waals surface area contributed by atoms with Gasteiger partial charge >= 0.3 is 0 Å². The van der Waals surface area contributed by atoms with Crippen molar-refractivity contribution in [2.75, 3.05) is 0 Å². The van der Waals surface area contributed by atoms with Gasteiger partial charge in [0.15, 0.2) is 0 Å². The molecule has 3 aromatic carbocycles. The van der Waals surface area contributed by atoms with Gasteiger partial charge in [0.2, 0.25) is 0 Å². The lowest BCUT2D eigenvalue weighted by Crippen LogP contribution is -2.17. The van der Waals surface area contributed by atoms with Crippen molar-refractivity contribution in [3.8, 4) is 5.75 Å². The van der Waals surface area contributed by atoms with Crippen molar-refractivity contribution in [1.29, 1.82) is 0 Å². The van der Waals surface area contributed by atoms with Crippen molar-refractivity contribution in [2.24, 2.45) is 5.10 Å². The molecule has 4 nitrogen and oxygen atoms in total. The lowest BCUT2D eigenvalue weighted by atomic mass is 10.1. The van der Waals surface area contributed by atoms with Crippen LogP contribution >= 0.6 is 11.3 Å². The molecule has 29 heavy (non-hydrogen) atoms. The van der Waals surface area contributed by atoms with Gasteiger partial charge < -0.3 is 4.74 Å². The third-order valence-corrected chi connectivity index (χ3v) is 5.55. The van der Waals surface area contributed by atoms with E-state index in [-0.39, 0.29) is 5.91 Å². The Balaban J connectivity index is 1.34. The number of hydrazone groups is 1. The molecule has 1 N–H and O–H groups in total. The fraction of sp³-hybridized carbons (Fsp3) is 0.0833. The molecule has 5 heteroatoms. The fourth-order valence-electron chi connectivity index (χ4n) is 2.91. The Hall–Kier alpha value is -3.44. The minimum absolute atomic E-state index is 0.238. The van der Waals surface area contributed by atoms with Crippen molar-refractivity contribution in [3.63, 3.8) is 0 Å². The predicted molar refractivity (Wildman–Crippen MR) is 119 cm³/mol. The van der Waals surface area contributed by atoms with Crippen LogP contribution in [0.15, 0.2) is 83.3 Å². The molecular formula is C24H20N2O2S. The van der Waals surface area contributed by atoms with E-state index >= 15 is 0 Å². The molecule has 0 radical (unpaired) electrons. The number of nitrogens with one attached hydrogen (secondary N) is 1. The Kier molecular flexibility index (Phi) is 5.68. The Morgan fingerprint density at radius 2 is 1.83 bits per heavy atom. The third kappa shape index (κ3) is 4.70.